The molecule has 2 fully saturated rings. The maximum atomic E-state index is 12.4. The average molecular weight is 421 g/mol. The van der Waals surface area contributed by atoms with Gasteiger partial charge in [0.05, 0.1) is 0 Å². The largest absolute Gasteiger partial charge is 0.368 e. The molecule has 6 heteroatoms. The first-order chi connectivity index (χ1) is 15.1. The summed E-state index contributed by atoms with van der Waals surface area (Å²) >= 11 is 0. The number of para-hydroxylation sites is 1. The molecule has 1 N–H and O–H groups in total. The molecule has 31 heavy (non-hydrogen) atoms. The van der Waals surface area contributed by atoms with Crippen molar-refractivity contribution in [2.45, 2.75) is 26.2 Å². The van der Waals surface area contributed by atoms with Crippen LogP contribution in [0.25, 0.3) is 0 Å². The standard InChI is InChI=1S/C25H32N4O2/c1-20-6-2-3-7-23(20)28-18-16-27(17-19-28)22-11-9-21(10-12-22)25(31)26-13-5-15-29-14-4-8-24(29)30/h2-3,6-7,9-12H,4-5,8,13-19H2,1H3,(H,26,31). The minimum absolute atomic E-state index is 0.0522. The fraction of sp³-hybridized carbons (Fsp3) is 0.440. The molecule has 164 valence electrons. The lowest BCUT2D eigenvalue weighted by Crippen LogP contribution is -2.46. The molecule has 2 saturated heterocycles. The van der Waals surface area contributed by atoms with E-state index in [-0.39, 0.29) is 11.8 Å². The number of nitrogens with zero attached hydrogens (tertiary/aromatic N) is 3. The number of aryl methyl sites for hydroxylation is 1. The summed E-state index contributed by atoms with van der Waals surface area (Å²) in [6, 6.07) is 16.4. The number of hydrogen-bond donors (Lipinski definition) is 1. The van der Waals surface area contributed by atoms with E-state index < -0.39 is 0 Å². The third-order valence-electron chi connectivity index (χ3n) is 6.29. The minimum Gasteiger partial charge on any atom is -0.368 e. The van der Waals surface area contributed by atoms with Crippen molar-refractivity contribution in [2.24, 2.45) is 0 Å². The Hall–Kier alpha value is -3.02. The van der Waals surface area contributed by atoms with E-state index >= 15 is 0 Å². The van der Waals surface area contributed by atoms with Crippen LogP contribution in [0.15, 0.2) is 48.5 Å². The van der Waals surface area contributed by atoms with Crippen LogP contribution in [-0.4, -0.2) is 62.5 Å². The Labute approximate surface area is 184 Å². The molecule has 4 rings (SSSR count). The fourth-order valence-electron chi connectivity index (χ4n) is 4.46. The normalized spacial score (nSPS) is 16.7. The van der Waals surface area contributed by atoms with Gasteiger partial charge in [-0.3, -0.25) is 9.59 Å². The van der Waals surface area contributed by atoms with Gasteiger partial charge in [-0.1, -0.05) is 18.2 Å². The van der Waals surface area contributed by atoms with Gasteiger partial charge < -0.3 is 20.0 Å². The predicted octanol–water partition coefficient (Wildman–Crippen LogP) is 3.06. The Kier molecular flexibility index (Phi) is 6.75. The molecule has 2 aliphatic heterocycles. The number of piperazine rings is 1. The number of carbonyl (C=O) groups excluding carboxylic acids is 2. The second-order valence-electron chi connectivity index (χ2n) is 8.40. The van der Waals surface area contributed by atoms with Crippen LogP contribution in [0.1, 0.15) is 35.2 Å². The third-order valence-corrected chi connectivity index (χ3v) is 6.29. The van der Waals surface area contributed by atoms with Crippen LogP contribution in [0.2, 0.25) is 0 Å². The van der Waals surface area contributed by atoms with Crippen molar-refractivity contribution in [1.82, 2.24) is 10.2 Å². The first-order valence-corrected chi connectivity index (χ1v) is 11.3. The summed E-state index contributed by atoms with van der Waals surface area (Å²) < 4.78 is 0. The molecule has 0 radical (unpaired) electrons. The summed E-state index contributed by atoms with van der Waals surface area (Å²) in [5.41, 5.74) is 4.48. The molecule has 0 unspecified atom stereocenters. The van der Waals surface area contributed by atoms with Gasteiger partial charge in [0.2, 0.25) is 5.91 Å². The number of hydrogen-bond acceptors (Lipinski definition) is 4. The molecule has 2 heterocycles. The highest BCUT2D eigenvalue weighted by atomic mass is 16.2. The van der Waals surface area contributed by atoms with Crippen molar-refractivity contribution >= 4 is 23.2 Å². The highest BCUT2D eigenvalue weighted by Crippen LogP contribution is 2.23. The van der Waals surface area contributed by atoms with Crippen molar-refractivity contribution in [3.8, 4) is 0 Å². The maximum absolute atomic E-state index is 12.4. The number of carbonyl (C=O) groups is 2. The Morgan fingerprint density at radius 2 is 1.65 bits per heavy atom. The van der Waals surface area contributed by atoms with Gasteiger partial charge in [-0.15, -0.1) is 0 Å². The van der Waals surface area contributed by atoms with E-state index in [1.54, 1.807) is 0 Å². The van der Waals surface area contributed by atoms with Crippen molar-refractivity contribution in [1.29, 1.82) is 0 Å². The topological polar surface area (TPSA) is 55.9 Å². The molecule has 0 aromatic heterocycles. The molecule has 2 aromatic carbocycles. The summed E-state index contributed by atoms with van der Waals surface area (Å²) in [4.78, 5) is 30.8. The molecule has 0 spiro atoms. The Morgan fingerprint density at radius 3 is 2.32 bits per heavy atom. The molecule has 0 saturated carbocycles. The first-order valence-electron chi connectivity index (χ1n) is 11.3. The van der Waals surface area contributed by atoms with Gasteiger partial charge in [0.25, 0.3) is 5.91 Å². The van der Waals surface area contributed by atoms with Crippen LogP contribution < -0.4 is 15.1 Å². The molecule has 6 nitrogen and oxygen atoms in total. The summed E-state index contributed by atoms with van der Waals surface area (Å²) in [5.74, 6) is 0.185. The van der Waals surface area contributed by atoms with Crippen molar-refractivity contribution in [2.75, 3.05) is 55.6 Å². The molecule has 2 aromatic rings. The molecular weight excluding hydrogens is 388 g/mol. The maximum Gasteiger partial charge on any atom is 0.251 e. The zero-order valence-electron chi connectivity index (χ0n) is 18.3. The monoisotopic (exact) mass is 420 g/mol. The lowest BCUT2D eigenvalue weighted by Gasteiger charge is -2.38. The van der Waals surface area contributed by atoms with Gasteiger partial charge in [0.1, 0.15) is 0 Å². The smallest absolute Gasteiger partial charge is 0.251 e. The van der Waals surface area contributed by atoms with E-state index in [0.717, 1.165) is 57.8 Å². The highest BCUT2D eigenvalue weighted by molar-refractivity contribution is 5.94. The summed E-state index contributed by atoms with van der Waals surface area (Å²) in [7, 11) is 0. The van der Waals surface area contributed by atoms with Gasteiger partial charge >= 0.3 is 0 Å². The Morgan fingerprint density at radius 1 is 0.935 bits per heavy atom. The van der Waals surface area contributed by atoms with E-state index in [9.17, 15) is 9.59 Å². The number of likely N-dealkylation sites (tertiary alicyclic amines) is 1. The Bertz CT molecular complexity index is 904. The highest BCUT2D eigenvalue weighted by Gasteiger charge is 2.20. The zero-order valence-corrected chi connectivity index (χ0v) is 18.3. The van der Waals surface area contributed by atoms with Gasteiger partial charge in [0.15, 0.2) is 0 Å². The second-order valence-corrected chi connectivity index (χ2v) is 8.40. The van der Waals surface area contributed by atoms with Crippen molar-refractivity contribution < 1.29 is 9.59 Å². The Balaban J connectivity index is 1.23. The summed E-state index contributed by atoms with van der Waals surface area (Å²) in [6.45, 7) is 8.26. The lowest BCUT2D eigenvalue weighted by molar-refractivity contribution is -0.127. The molecule has 0 bridgehead atoms. The van der Waals surface area contributed by atoms with Crippen LogP contribution in [0.5, 0.6) is 0 Å². The lowest BCUT2D eigenvalue weighted by atomic mass is 10.1. The van der Waals surface area contributed by atoms with Crippen LogP contribution in [0.4, 0.5) is 11.4 Å². The van der Waals surface area contributed by atoms with Crippen LogP contribution >= 0.6 is 0 Å². The van der Waals surface area contributed by atoms with E-state index in [2.05, 4.69) is 46.3 Å². The van der Waals surface area contributed by atoms with E-state index in [1.165, 1.54) is 11.3 Å². The van der Waals surface area contributed by atoms with E-state index in [4.69, 9.17) is 0 Å². The van der Waals surface area contributed by atoms with Gasteiger partial charge in [0, 0.05) is 69.2 Å². The van der Waals surface area contributed by atoms with Gasteiger partial charge in [-0.25, -0.2) is 0 Å². The predicted molar refractivity (Wildman–Crippen MR) is 125 cm³/mol. The molecule has 0 atom stereocenters. The summed E-state index contributed by atoms with van der Waals surface area (Å²) in [6.07, 6.45) is 2.42. The molecular formula is C25H32N4O2. The van der Waals surface area contributed by atoms with Crippen molar-refractivity contribution in [3.63, 3.8) is 0 Å². The molecule has 2 amide bonds. The quantitative estimate of drug-likeness (QED) is 0.700. The number of benzene rings is 2. The van der Waals surface area contributed by atoms with Crippen LogP contribution in [0, 0.1) is 6.92 Å². The van der Waals surface area contributed by atoms with Crippen LogP contribution in [-0.2, 0) is 4.79 Å². The number of nitrogens with one attached hydrogen (secondary N) is 1. The number of amides is 2. The third kappa shape index (κ3) is 5.19. The molecule has 2 aliphatic rings. The van der Waals surface area contributed by atoms with Gasteiger partial charge in [-0.05, 0) is 55.7 Å². The SMILES string of the molecule is Cc1ccccc1N1CCN(c2ccc(C(=O)NCCCN3CCCC3=O)cc2)CC1. The summed E-state index contributed by atoms with van der Waals surface area (Å²) in [5, 5.41) is 2.97. The van der Waals surface area contributed by atoms with E-state index in [1.807, 2.05) is 29.2 Å². The number of anilines is 2. The van der Waals surface area contributed by atoms with E-state index in [0.29, 0.717) is 18.5 Å². The second kappa shape index (κ2) is 9.86. The minimum atomic E-state index is -0.0522. The average Bonchev–Trinajstić information content (AvgIpc) is 3.22. The van der Waals surface area contributed by atoms with Crippen molar-refractivity contribution in [3.05, 3.63) is 59.7 Å². The zero-order chi connectivity index (χ0) is 21.6. The first kappa shape index (κ1) is 21.2. The fourth-order valence-corrected chi connectivity index (χ4v) is 4.46. The van der Waals surface area contributed by atoms with Gasteiger partial charge in [-0.2, -0.15) is 0 Å². The number of rotatable bonds is 7. The van der Waals surface area contributed by atoms with Crippen LogP contribution in [0.3, 0.4) is 0 Å². The molecule has 0 aliphatic carbocycles.